The van der Waals surface area contributed by atoms with Crippen LogP contribution < -0.4 is 0 Å². The first-order valence-corrected chi connectivity index (χ1v) is 13.2. The maximum Gasteiger partial charge on any atom is 0.174 e. The summed E-state index contributed by atoms with van der Waals surface area (Å²) in [6.07, 6.45) is 6.07. The van der Waals surface area contributed by atoms with E-state index in [4.69, 9.17) is 9.47 Å². The summed E-state index contributed by atoms with van der Waals surface area (Å²) < 4.78 is 12.9. The van der Waals surface area contributed by atoms with Gasteiger partial charge in [-0.15, -0.1) is 0 Å². The van der Waals surface area contributed by atoms with E-state index in [0.29, 0.717) is 38.2 Å². The van der Waals surface area contributed by atoms with Crippen molar-refractivity contribution in [2.75, 3.05) is 6.61 Å². The summed E-state index contributed by atoms with van der Waals surface area (Å²) in [7, 11) is 0. The van der Waals surface area contributed by atoms with Gasteiger partial charge in [-0.1, -0.05) is 39.3 Å². The van der Waals surface area contributed by atoms with Crippen molar-refractivity contribution in [3.05, 3.63) is 11.6 Å². The number of hydrogen-bond acceptors (Lipinski definition) is 6. The predicted molar refractivity (Wildman–Crippen MR) is 122 cm³/mol. The van der Waals surface area contributed by atoms with Crippen LogP contribution in [0.5, 0.6) is 0 Å². The van der Waals surface area contributed by atoms with Gasteiger partial charge in [0, 0.05) is 36.0 Å². The molecule has 5 fully saturated rings. The molecule has 1 spiro atoms. The minimum Gasteiger partial charge on any atom is -0.393 e. The van der Waals surface area contributed by atoms with E-state index < -0.39 is 46.1 Å². The van der Waals surface area contributed by atoms with Crippen molar-refractivity contribution in [1.82, 2.24) is 0 Å². The monoisotopic (exact) mass is 462 g/mol. The highest BCUT2D eigenvalue weighted by atomic mass is 16.7. The van der Waals surface area contributed by atoms with Crippen molar-refractivity contribution in [2.24, 2.45) is 34.5 Å². The number of fused-ring (bicyclic) bond motifs is 7. The van der Waals surface area contributed by atoms with Gasteiger partial charge in [-0.2, -0.15) is 0 Å². The number of hydrogen-bond donors (Lipinski definition) is 4. The molecule has 0 aromatic carbocycles. The van der Waals surface area contributed by atoms with Crippen LogP contribution in [0.4, 0.5) is 0 Å². The van der Waals surface area contributed by atoms with Gasteiger partial charge in [0.2, 0.25) is 0 Å². The van der Waals surface area contributed by atoms with E-state index in [2.05, 4.69) is 33.8 Å². The first-order chi connectivity index (χ1) is 15.4. The highest BCUT2D eigenvalue weighted by Crippen LogP contribution is 2.73. The van der Waals surface area contributed by atoms with E-state index in [1.807, 2.05) is 0 Å². The van der Waals surface area contributed by atoms with Crippen LogP contribution in [0.3, 0.4) is 0 Å². The lowest BCUT2D eigenvalue weighted by molar-refractivity contribution is -0.286. The maximum atomic E-state index is 12.5. The van der Waals surface area contributed by atoms with Gasteiger partial charge in [-0.05, 0) is 49.9 Å². The van der Waals surface area contributed by atoms with Gasteiger partial charge in [-0.25, -0.2) is 0 Å². The molecule has 4 N–H and O–H groups in total. The van der Waals surface area contributed by atoms with Crippen LogP contribution in [0.25, 0.3) is 0 Å². The molecule has 0 aromatic heterocycles. The van der Waals surface area contributed by atoms with E-state index in [0.717, 1.165) is 31.3 Å². The molecule has 186 valence electrons. The highest BCUT2D eigenvalue weighted by Gasteiger charge is 2.81. The van der Waals surface area contributed by atoms with Crippen LogP contribution in [0.2, 0.25) is 0 Å². The fourth-order valence-corrected chi connectivity index (χ4v) is 9.62. The zero-order valence-corrected chi connectivity index (χ0v) is 20.6. The molecule has 0 unspecified atom stereocenters. The summed E-state index contributed by atoms with van der Waals surface area (Å²) in [5.74, 6) is -0.415. The molecule has 6 heteroatoms. The predicted octanol–water partition coefficient (Wildman–Crippen LogP) is 2.91. The lowest BCUT2D eigenvalue weighted by Crippen LogP contribution is -2.67. The first-order valence-electron chi connectivity index (χ1n) is 13.2. The van der Waals surface area contributed by atoms with Crippen molar-refractivity contribution in [3.8, 4) is 0 Å². The van der Waals surface area contributed by atoms with Gasteiger partial charge in [-0.3, -0.25) is 0 Å². The number of ether oxygens (including phenoxy) is 2. The van der Waals surface area contributed by atoms with Crippen molar-refractivity contribution in [3.63, 3.8) is 0 Å². The van der Waals surface area contributed by atoms with Gasteiger partial charge in [0.05, 0.1) is 30.5 Å². The van der Waals surface area contributed by atoms with Crippen molar-refractivity contribution >= 4 is 0 Å². The topological polar surface area (TPSA) is 99.4 Å². The molecule has 2 aliphatic heterocycles. The lowest BCUT2D eigenvalue weighted by atomic mass is 9.44. The summed E-state index contributed by atoms with van der Waals surface area (Å²) in [6.45, 7) is 9.11. The SMILES string of the molecule is C[C@H]1CC[C@@]2(OC1)O[C@H]1C[C@@]3(O)[C@@H]4CC=C5C[C@@H](O)C[C@@H](O)[C@]5(C)[C@H]4CC[C@]3(C)[C@@]1(O)[C@@H]2C. The number of rotatable bonds is 0. The molecule has 4 aliphatic carbocycles. The molecule has 2 heterocycles. The number of allylic oxidation sites excluding steroid dienone is 1. The average molecular weight is 463 g/mol. The highest BCUT2D eigenvalue weighted by molar-refractivity contribution is 5.34. The Balaban J connectivity index is 1.37. The second-order valence-electron chi connectivity index (χ2n) is 13.0. The Hall–Kier alpha value is -0.500. The first kappa shape index (κ1) is 22.9. The normalized spacial score (nSPS) is 62.3. The minimum absolute atomic E-state index is 0.0523. The zero-order valence-electron chi connectivity index (χ0n) is 20.6. The van der Waals surface area contributed by atoms with E-state index in [9.17, 15) is 20.4 Å². The molecular formula is C27H42O6. The standard InChI is InChI=1S/C27H42O6/c1-15-7-10-26(32-14-15)16(2)27(31)22(33-26)13-25(30)20-6-5-17-11-18(28)12-21(29)24(17,4)19(20)8-9-23(25,27)3/h5,15-16,18-22,28-31H,6-14H2,1-4H3/t15-,16+,18+,19-,20+,21+,22-,23-,24-,25+,26+,27+/m0/s1. The summed E-state index contributed by atoms with van der Waals surface area (Å²) in [6, 6.07) is 0. The van der Waals surface area contributed by atoms with Crippen LogP contribution in [-0.2, 0) is 9.47 Å². The Morgan fingerprint density at radius 2 is 1.79 bits per heavy atom. The number of aliphatic hydroxyl groups is 4. The number of aliphatic hydroxyl groups excluding tert-OH is 2. The maximum absolute atomic E-state index is 12.5. The molecule has 6 rings (SSSR count). The molecule has 2 saturated heterocycles. The molecule has 0 bridgehead atoms. The molecule has 33 heavy (non-hydrogen) atoms. The van der Waals surface area contributed by atoms with E-state index in [1.165, 1.54) is 0 Å². The van der Waals surface area contributed by atoms with Gasteiger partial charge >= 0.3 is 0 Å². The molecule has 12 atom stereocenters. The van der Waals surface area contributed by atoms with Gasteiger partial charge in [0.15, 0.2) is 5.79 Å². The Kier molecular flexibility index (Phi) is 4.75. The fourth-order valence-electron chi connectivity index (χ4n) is 9.62. The van der Waals surface area contributed by atoms with Gasteiger partial charge in [0.25, 0.3) is 0 Å². The summed E-state index contributed by atoms with van der Waals surface area (Å²) >= 11 is 0. The van der Waals surface area contributed by atoms with Crippen LogP contribution in [0, 0.1) is 34.5 Å². The molecule has 6 nitrogen and oxygen atoms in total. The summed E-state index contributed by atoms with van der Waals surface area (Å²) in [5, 5.41) is 46.3. The Morgan fingerprint density at radius 3 is 2.48 bits per heavy atom. The smallest absolute Gasteiger partial charge is 0.174 e. The molecule has 3 saturated carbocycles. The van der Waals surface area contributed by atoms with Crippen molar-refractivity contribution in [1.29, 1.82) is 0 Å². The van der Waals surface area contributed by atoms with E-state index >= 15 is 0 Å². The van der Waals surface area contributed by atoms with Gasteiger partial charge in [0.1, 0.15) is 5.60 Å². The largest absolute Gasteiger partial charge is 0.393 e. The Morgan fingerprint density at radius 1 is 1.03 bits per heavy atom. The van der Waals surface area contributed by atoms with Crippen LogP contribution in [0.15, 0.2) is 11.6 Å². The lowest BCUT2D eigenvalue weighted by Gasteiger charge is -2.63. The summed E-state index contributed by atoms with van der Waals surface area (Å²) in [4.78, 5) is 0. The fraction of sp³-hybridized carbons (Fsp3) is 0.926. The Bertz CT molecular complexity index is 865. The third-order valence-corrected chi connectivity index (χ3v) is 11.9. The third kappa shape index (κ3) is 2.51. The average Bonchev–Trinajstić information content (AvgIpc) is 3.07. The molecule has 0 amide bonds. The van der Waals surface area contributed by atoms with Crippen molar-refractivity contribution in [2.45, 2.75) is 114 Å². The second-order valence-corrected chi connectivity index (χ2v) is 13.0. The van der Waals surface area contributed by atoms with Crippen LogP contribution in [0.1, 0.15) is 79.1 Å². The molecular weight excluding hydrogens is 420 g/mol. The van der Waals surface area contributed by atoms with Gasteiger partial charge < -0.3 is 29.9 Å². The summed E-state index contributed by atoms with van der Waals surface area (Å²) in [5.41, 5.74) is -2.22. The quantitative estimate of drug-likeness (QED) is 0.413. The Labute approximate surface area is 197 Å². The molecule has 6 aliphatic rings. The third-order valence-electron chi connectivity index (χ3n) is 11.9. The van der Waals surface area contributed by atoms with Crippen LogP contribution in [-0.4, -0.2) is 62.3 Å². The van der Waals surface area contributed by atoms with E-state index in [-0.39, 0.29) is 17.8 Å². The zero-order chi connectivity index (χ0) is 23.6. The van der Waals surface area contributed by atoms with Crippen LogP contribution >= 0.6 is 0 Å². The minimum atomic E-state index is -1.15. The van der Waals surface area contributed by atoms with E-state index in [1.54, 1.807) is 0 Å². The second kappa shape index (κ2) is 6.83. The molecule has 0 radical (unpaired) electrons. The molecule has 0 aromatic rings. The van der Waals surface area contributed by atoms with Crippen molar-refractivity contribution < 1.29 is 29.9 Å².